The van der Waals surface area contributed by atoms with Gasteiger partial charge in [-0.15, -0.1) is 0 Å². The summed E-state index contributed by atoms with van der Waals surface area (Å²) in [6.07, 6.45) is 11.4. The molecule has 0 spiro atoms. The molecular weight excluding hydrogens is 624 g/mol. The van der Waals surface area contributed by atoms with Crippen molar-refractivity contribution < 1.29 is 24.3 Å². The third kappa shape index (κ3) is 5.77. The van der Waals surface area contributed by atoms with E-state index in [0.29, 0.717) is 67.4 Å². The number of ketones is 1. The van der Waals surface area contributed by atoms with E-state index in [9.17, 15) is 19.2 Å². The average molecular weight is 687 g/mol. The van der Waals surface area contributed by atoms with Gasteiger partial charge in [0.15, 0.2) is 0 Å². The fourth-order valence-corrected chi connectivity index (χ4v) is 13.2. The zero-order valence-corrected chi connectivity index (χ0v) is 31.6. The van der Waals surface area contributed by atoms with E-state index >= 15 is 0 Å². The molecule has 5 aliphatic rings. The molecule has 50 heavy (non-hydrogen) atoms. The SMILES string of the molecule is C=C(C)[C@@H]1CC[C@]2(C(=O)NCc3cccc(C(=O)NCCCCC(=O)O)c3)CC[C@]3(C)C(CCC4[C@@]5(C)CCC(=O)C(C)(C)C5CC[C@]43C)C12. The molecule has 1 aromatic rings. The predicted octanol–water partition coefficient (Wildman–Crippen LogP) is 8.51. The number of nitrogens with one attached hydrogen (secondary N) is 2. The maximum absolute atomic E-state index is 14.6. The predicted molar refractivity (Wildman–Crippen MR) is 196 cm³/mol. The number of carboxylic acid groups (broad SMARTS) is 1. The van der Waals surface area contributed by atoms with Crippen molar-refractivity contribution >= 4 is 23.6 Å². The third-order valence-corrected chi connectivity index (χ3v) is 16.0. The average Bonchev–Trinajstić information content (AvgIpc) is 3.47. The number of Topliss-reactive ketones (excluding diaryl/α,β-unsaturated/α-hetero) is 1. The summed E-state index contributed by atoms with van der Waals surface area (Å²) >= 11 is 0. The molecule has 7 nitrogen and oxygen atoms in total. The highest BCUT2D eigenvalue weighted by atomic mass is 16.4. The number of unbranched alkanes of at least 4 members (excludes halogenated alkanes) is 1. The van der Waals surface area contributed by atoms with E-state index in [0.717, 1.165) is 56.9 Å². The topological polar surface area (TPSA) is 113 Å². The molecule has 0 heterocycles. The minimum atomic E-state index is -0.826. The highest BCUT2D eigenvalue weighted by molar-refractivity contribution is 5.94. The summed E-state index contributed by atoms with van der Waals surface area (Å²) in [7, 11) is 0. The standard InChI is InChI=1S/C43H62N2O5/c1-27(2)30-16-21-43(38(50)45-26-28-11-10-12-29(25-28)37(49)44-24-9-8-13-35(47)48)23-22-41(6)31(36(30)43)14-15-33-40(5)19-18-34(46)39(3,4)32(40)17-20-42(33,41)7/h10-12,25,30-33,36H,1,8-9,13-24,26H2,2-7H3,(H,44,49)(H,45,50)(H,47,48)/t30-,31?,32?,33?,36?,40-,41+,42+,43-/m0/s1. The van der Waals surface area contributed by atoms with Crippen LogP contribution < -0.4 is 10.6 Å². The second-order valence-electron chi connectivity index (χ2n) is 18.5. The Bertz CT molecular complexity index is 1550. The number of carbonyl (C=O) groups excluding carboxylic acids is 3. The monoisotopic (exact) mass is 686 g/mol. The Morgan fingerprint density at radius 3 is 2.36 bits per heavy atom. The van der Waals surface area contributed by atoms with Crippen molar-refractivity contribution in [2.24, 2.45) is 56.7 Å². The van der Waals surface area contributed by atoms with Crippen molar-refractivity contribution in [1.29, 1.82) is 0 Å². The van der Waals surface area contributed by atoms with Gasteiger partial charge < -0.3 is 15.7 Å². The van der Waals surface area contributed by atoms with Crippen LogP contribution in [-0.2, 0) is 20.9 Å². The number of benzene rings is 1. The van der Waals surface area contributed by atoms with Crippen molar-refractivity contribution in [2.75, 3.05) is 6.54 Å². The number of allylic oxidation sites excluding steroid dienone is 1. The Balaban J connectivity index is 1.20. The Morgan fingerprint density at radius 1 is 0.880 bits per heavy atom. The first kappa shape index (κ1) is 36.8. The maximum Gasteiger partial charge on any atom is 0.303 e. The summed E-state index contributed by atoms with van der Waals surface area (Å²) in [5.74, 6) is 1.68. The highest BCUT2D eigenvalue weighted by Crippen LogP contribution is 2.77. The molecule has 6 rings (SSSR count). The summed E-state index contributed by atoms with van der Waals surface area (Å²) in [4.78, 5) is 51.3. The van der Waals surface area contributed by atoms with Gasteiger partial charge in [0.25, 0.3) is 5.91 Å². The third-order valence-electron chi connectivity index (χ3n) is 16.0. The first-order valence-electron chi connectivity index (χ1n) is 19.6. The van der Waals surface area contributed by atoms with Crippen molar-refractivity contribution in [1.82, 2.24) is 10.6 Å². The highest BCUT2D eigenvalue weighted by Gasteiger charge is 2.71. The van der Waals surface area contributed by atoms with Crippen LogP contribution in [0.15, 0.2) is 36.4 Å². The molecule has 0 aromatic heterocycles. The largest absolute Gasteiger partial charge is 0.481 e. The van der Waals surface area contributed by atoms with E-state index in [1.54, 1.807) is 6.07 Å². The van der Waals surface area contributed by atoms with E-state index in [1.165, 1.54) is 12.0 Å². The summed E-state index contributed by atoms with van der Waals surface area (Å²) in [5, 5.41) is 15.1. The number of rotatable bonds is 10. The molecule has 5 fully saturated rings. The zero-order valence-electron chi connectivity index (χ0n) is 31.6. The van der Waals surface area contributed by atoms with Crippen molar-refractivity contribution in [2.45, 2.75) is 132 Å². The summed E-state index contributed by atoms with van der Waals surface area (Å²) in [6, 6.07) is 7.45. The van der Waals surface area contributed by atoms with E-state index < -0.39 is 11.4 Å². The smallest absolute Gasteiger partial charge is 0.303 e. The Kier molecular flexibility index (Phi) is 9.74. The van der Waals surface area contributed by atoms with Gasteiger partial charge in [0.2, 0.25) is 5.91 Å². The van der Waals surface area contributed by atoms with Gasteiger partial charge in [-0.3, -0.25) is 19.2 Å². The number of amides is 2. The number of carbonyl (C=O) groups is 4. The van der Waals surface area contributed by atoms with Crippen LogP contribution >= 0.6 is 0 Å². The number of hydrogen-bond donors (Lipinski definition) is 3. The molecule has 5 saturated carbocycles. The van der Waals surface area contributed by atoms with Crippen LogP contribution in [0.2, 0.25) is 0 Å². The lowest BCUT2D eigenvalue weighted by Gasteiger charge is -2.72. The molecule has 0 saturated heterocycles. The molecule has 1 aromatic carbocycles. The molecule has 0 aliphatic heterocycles. The number of carboxylic acids is 1. The Labute approximate surface area is 300 Å². The second kappa shape index (κ2) is 13.2. The summed E-state index contributed by atoms with van der Waals surface area (Å²) in [6.45, 7) is 19.6. The van der Waals surface area contributed by atoms with Gasteiger partial charge in [-0.25, -0.2) is 0 Å². The van der Waals surface area contributed by atoms with E-state index in [-0.39, 0.29) is 45.8 Å². The normalized spacial score (nSPS) is 38.5. The Morgan fingerprint density at radius 2 is 1.64 bits per heavy atom. The zero-order chi connectivity index (χ0) is 36.3. The quantitative estimate of drug-likeness (QED) is 0.169. The Hall–Kier alpha value is -2.96. The lowest BCUT2D eigenvalue weighted by atomic mass is 9.32. The van der Waals surface area contributed by atoms with Gasteiger partial charge in [-0.05, 0) is 141 Å². The minimum absolute atomic E-state index is 0.0991. The lowest BCUT2D eigenvalue weighted by molar-refractivity contribution is -0.233. The van der Waals surface area contributed by atoms with Crippen molar-refractivity contribution in [3.05, 3.63) is 47.5 Å². The van der Waals surface area contributed by atoms with E-state index in [4.69, 9.17) is 5.11 Å². The maximum atomic E-state index is 14.6. The molecule has 2 amide bonds. The van der Waals surface area contributed by atoms with E-state index in [2.05, 4.69) is 58.8 Å². The molecular formula is C43H62N2O5. The number of fused-ring (bicyclic) bond motifs is 7. The molecule has 0 radical (unpaired) electrons. The number of aliphatic carboxylic acids is 1. The molecule has 3 N–H and O–H groups in total. The van der Waals surface area contributed by atoms with Crippen molar-refractivity contribution in [3.63, 3.8) is 0 Å². The van der Waals surface area contributed by atoms with Gasteiger partial charge in [0.1, 0.15) is 5.78 Å². The molecule has 0 bridgehead atoms. The van der Waals surface area contributed by atoms with Gasteiger partial charge in [-0.1, -0.05) is 58.9 Å². The molecule has 9 atom stereocenters. The van der Waals surface area contributed by atoms with Gasteiger partial charge in [0.05, 0.1) is 5.41 Å². The molecule has 4 unspecified atom stereocenters. The minimum Gasteiger partial charge on any atom is -0.481 e. The van der Waals surface area contributed by atoms with Crippen LogP contribution in [0.3, 0.4) is 0 Å². The second-order valence-corrected chi connectivity index (χ2v) is 18.5. The van der Waals surface area contributed by atoms with Crippen LogP contribution in [0, 0.1) is 56.7 Å². The lowest BCUT2D eigenvalue weighted by Crippen LogP contribution is -2.67. The number of hydrogen-bond acceptors (Lipinski definition) is 4. The molecule has 5 aliphatic carbocycles. The van der Waals surface area contributed by atoms with Gasteiger partial charge >= 0.3 is 5.97 Å². The van der Waals surface area contributed by atoms with Crippen LogP contribution in [0.5, 0.6) is 0 Å². The molecule has 7 heteroatoms. The molecule has 274 valence electrons. The summed E-state index contributed by atoms with van der Waals surface area (Å²) < 4.78 is 0. The van der Waals surface area contributed by atoms with Gasteiger partial charge in [-0.2, -0.15) is 0 Å². The van der Waals surface area contributed by atoms with Crippen LogP contribution in [0.25, 0.3) is 0 Å². The van der Waals surface area contributed by atoms with E-state index in [1.807, 2.05) is 18.2 Å². The van der Waals surface area contributed by atoms with Crippen LogP contribution in [0.4, 0.5) is 0 Å². The van der Waals surface area contributed by atoms with Gasteiger partial charge in [0, 0.05) is 36.9 Å². The fourth-order valence-electron chi connectivity index (χ4n) is 13.2. The first-order valence-corrected chi connectivity index (χ1v) is 19.6. The van der Waals surface area contributed by atoms with Crippen LogP contribution in [-0.4, -0.2) is 35.2 Å². The fraction of sp³-hybridized carbons (Fsp3) is 0.721. The summed E-state index contributed by atoms with van der Waals surface area (Å²) in [5.41, 5.74) is 2.44. The first-order chi connectivity index (χ1) is 23.5. The van der Waals surface area contributed by atoms with Crippen LogP contribution in [0.1, 0.15) is 141 Å². The van der Waals surface area contributed by atoms with Crippen molar-refractivity contribution in [3.8, 4) is 0 Å².